The SMILES string of the molecule is CC(C)CC(C)COc1ccc(-c2ccnc3cc(F)ccc23)nc1Cl. The lowest BCUT2D eigenvalue weighted by molar-refractivity contribution is 0.238. The number of halogens is 2. The summed E-state index contributed by atoms with van der Waals surface area (Å²) < 4.78 is 19.3. The molecule has 0 N–H and O–H groups in total. The van der Waals surface area contributed by atoms with Gasteiger partial charge in [0.2, 0.25) is 0 Å². The number of hydrogen-bond acceptors (Lipinski definition) is 3. The van der Waals surface area contributed by atoms with Crippen molar-refractivity contribution in [2.75, 3.05) is 6.61 Å². The van der Waals surface area contributed by atoms with E-state index in [2.05, 4.69) is 30.7 Å². The first kappa shape index (κ1) is 18.6. The summed E-state index contributed by atoms with van der Waals surface area (Å²) in [5.41, 5.74) is 2.15. The van der Waals surface area contributed by atoms with E-state index >= 15 is 0 Å². The van der Waals surface area contributed by atoms with Crippen LogP contribution in [0.5, 0.6) is 5.75 Å². The van der Waals surface area contributed by atoms with Gasteiger partial charge in [-0.15, -0.1) is 0 Å². The zero-order valence-corrected chi connectivity index (χ0v) is 15.9. The van der Waals surface area contributed by atoms with E-state index in [1.54, 1.807) is 12.3 Å². The van der Waals surface area contributed by atoms with E-state index in [1.807, 2.05) is 18.2 Å². The van der Waals surface area contributed by atoms with E-state index in [0.717, 1.165) is 17.4 Å². The van der Waals surface area contributed by atoms with Gasteiger partial charge in [0.25, 0.3) is 0 Å². The van der Waals surface area contributed by atoms with Crippen LogP contribution < -0.4 is 4.74 Å². The summed E-state index contributed by atoms with van der Waals surface area (Å²) in [6.45, 7) is 7.17. The number of hydrogen-bond donors (Lipinski definition) is 0. The minimum Gasteiger partial charge on any atom is -0.490 e. The van der Waals surface area contributed by atoms with Crippen LogP contribution in [0.25, 0.3) is 22.2 Å². The van der Waals surface area contributed by atoms with Crippen molar-refractivity contribution < 1.29 is 9.13 Å². The molecule has 0 aliphatic carbocycles. The first-order chi connectivity index (χ1) is 12.4. The van der Waals surface area contributed by atoms with Crippen molar-refractivity contribution in [3.63, 3.8) is 0 Å². The van der Waals surface area contributed by atoms with E-state index in [-0.39, 0.29) is 5.82 Å². The van der Waals surface area contributed by atoms with Crippen LogP contribution in [-0.2, 0) is 0 Å². The summed E-state index contributed by atoms with van der Waals surface area (Å²) in [6.07, 6.45) is 2.74. The van der Waals surface area contributed by atoms with Gasteiger partial charge >= 0.3 is 0 Å². The fraction of sp³-hybridized carbons (Fsp3) is 0.333. The molecule has 0 saturated carbocycles. The van der Waals surface area contributed by atoms with Crippen molar-refractivity contribution in [1.29, 1.82) is 0 Å². The number of ether oxygens (including phenoxy) is 1. The molecule has 1 unspecified atom stereocenters. The fourth-order valence-electron chi connectivity index (χ4n) is 3.13. The van der Waals surface area contributed by atoms with Crippen molar-refractivity contribution in [2.24, 2.45) is 11.8 Å². The Bertz CT molecular complexity index is 914. The van der Waals surface area contributed by atoms with Crippen LogP contribution in [0.1, 0.15) is 27.2 Å². The molecule has 1 atom stereocenters. The highest BCUT2D eigenvalue weighted by molar-refractivity contribution is 6.31. The Morgan fingerprint density at radius 3 is 2.65 bits per heavy atom. The molecule has 136 valence electrons. The Hall–Kier alpha value is -2.20. The highest BCUT2D eigenvalue weighted by Crippen LogP contribution is 2.31. The van der Waals surface area contributed by atoms with Gasteiger partial charge in [-0.2, -0.15) is 0 Å². The van der Waals surface area contributed by atoms with Crippen LogP contribution in [0.15, 0.2) is 42.6 Å². The second-order valence-corrected chi connectivity index (χ2v) is 7.41. The number of aromatic nitrogens is 2. The van der Waals surface area contributed by atoms with Gasteiger partial charge in [-0.3, -0.25) is 4.98 Å². The van der Waals surface area contributed by atoms with E-state index in [1.165, 1.54) is 12.1 Å². The summed E-state index contributed by atoms with van der Waals surface area (Å²) in [5, 5.41) is 1.16. The van der Waals surface area contributed by atoms with Crippen LogP contribution in [0.3, 0.4) is 0 Å². The first-order valence-corrected chi connectivity index (χ1v) is 9.16. The molecule has 0 aliphatic rings. The second-order valence-electron chi connectivity index (χ2n) is 7.05. The number of nitrogens with zero attached hydrogens (tertiary/aromatic N) is 2. The summed E-state index contributed by atoms with van der Waals surface area (Å²) in [4.78, 5) is 8.69. The predicted octanol–water partition coefficient (Wildman–Crippen LogP) is 6.15. The standard InChI is InChI=1S/C21H22ClFN2O/c1-13(2)10-14(3)12-26-20-7-6-18(25-21(20)22)17-8-9-24-19-11-15(23)4-5-16(17)19/h4-9,11,13-14H,10,12H2,1-3H3. The Balaban J connectivity index is 1.84. The molecular formula is C21H22ClFN2O. The van der Waals surface area contributed by atoms with Gasteiger partial charge in [-0.1, -0.05) is 32.4 Å². The molecule has 3 nitrogen and oxygen atoms in total. The zero-order chi connectivity index (χ0) is 18.7. The van der Waals surface area contributed by atoms with Crippen molar-refractivity contribution in [3.8, 4) is 17.0 Å². The van der Waals surface area contributed by atoms with Crippen LogP contribution >= 0.6 is 11.6 Å². The Morgan fingerprint density at radius 1 is 1.12 bits per heavy atom. The first-order valence-electron chi connectivity index (χ1n) is 8.78. The average molecular weight is 373 g/mol. The molecule has 3 aromatic rings. The maximum atomic E-state index is 13.4. The molecule has 0 amide bonds. The summed E-state index contributed by atoms with van der Waals surface area (Å²) >= 11 is 6.33. The van der Waals surface area contributed by atoms with Crippen LogP contribution in [-0.4, -0.2) is 16.6 Å². The summed E-state index contributed by atoms with van der Waals surface area (Å²) in [6, 6.07) is 10.1. The molecule has 0 spiro atoms. The van der Waals surface area contributed by atoms with E-state index in [9.17, 15) is 4.39 Å². The average Bonchev–Trinajstić information content (AvgIpc) is 2.59. The number of fused-ring (bicyclic) bond motifs is 1. The van der Waals surface area contributed by atoms with Gasteiger partial charge in [0.05, 0.1) is 17.8 Å². The highest BCUT2D eigenvalue weighted by Gasteiger charge is 2.12. The molecule has 0 fully saturated rings. The minimum absolute atomic E-state index is 0.313. The van der Waals surface area contributed by atoms with Gasteiger partial charge in [0.1, 0.15) is 5.82 Å². The maximum Gasteiger partial charge on any atom is 0.171 e. The molecule has 0 bridgehead atoms. The number of pyridine rings is 2. The highest BCUT2D eigenvalue weighted by atomic mass is 35.5. The van der Waals surface area contributed by atoms with Crippen molar-refractivity contribution in [2.45, 2.75) is 27.2 Å². The van der Waals surface area contributed by atoms with Gasteiger partial charge in [-0.05, 0) is 48.6 Å². The molecule has 1 aromatic carbocycles. The molecule has 0 aliphatic heterocycles. The molecule has 2 heterocycles. The van der Waals surface area contributed by atoms with Crippen LogP contribution in [0.2, 0.25) is 5.15 Å². The van der Waals surface area contributed by atoms with E-state index < -0.39 is 0 Å². The Labute approximate surface area is 158 Å². The van der Waals surface area contributed by atoms with E-state index in [4.69, 9.17) is 16.3 Å². The molecule has 3 rings (SSSR count). The normalized spacial score (nSPS) is 12.5. The smallest absolute Gasteiger partial charge is 0.171 e. The topological polar surface area (TPSA) is 35.0 Å². The van der Waals surface area contributed by atoms with Gasteiger partial charge < -0.3 is 4.74 Å². The minimum atomic E-state index is -0.313. The lowest BCUT2D eigenvalue weighted by Crippen LogP contribution is -2.11. The van der Waals surface area contributed by atoms with Crippen molar-refractivity contribution >= 4 is 22.5 Å². The third-order valence-corrected chi connectivity index (χ3v) is 4.46. The van der Waals surface area contributed by atoms with Gasteiger partial charge in [0.15, 0.2) is 10.9 Å². The summed E-state index contributed by atoms with van der Waals surface area (Å²) in [7, 11) is 0. The van der Waals surface area contributed by atoms with Gasteiger partial charge in [0, 0.05) is 23.2 Å². The molecular weight excluding hydrogens is 351 g/mol. The molecule has 5 heteroatoms. The maximum absolute atomic E-state index is 13.4. The van der Waals surface area contributed by atoms with Crippen molar-refractivity contribution in [3.05, 3.63) is 53.6 Å². The number of rotatable bonds is 6. The predicted molar refractivity (Wildman–Crippen MR) is 104 cm³/mol. The largest absolute Gasteiger partial charge is 0.490 e. The molecule has 26 heavy (non-hydrogen) atoms. The quantitative estimate of drug-likeness (QED) is 0.487. The Kier molecular flexibility index (Phi) is 5.72. The monoisotopic (exact) mass is 372 g/mol. The van der Waals surface area contributed by atoms with Crippen LogP contribution in [0, 0.1) is 17.7 Å². The van der Waals surface area contributed by atoms with Crippen molar-refractivity contribution in [1.82, 2.24) is 9.97 Å². The third kappa shape index (κ3) is 4.31. The Morgan fingerprint density at radius 2 is 1.92 bits per heavy atom. The lowest BCUT2D eigenvalue weighted by Gasteiger charge is -2.16. The molecule has 0 saturated heterocycles. The lowest BCUT2D eigenvalue weighted by atomic mass is 10.00. The second kappa shape index (κ2) is 8.00. The van der Waals surface area contributed by atoms with Crippen LogP contribution in [0.4, 0.5) is 4.39 Å². The molecule has 0 radical (unpaired) electrons. The molecule has 2 aromatic heterocycles. The summed E-state index contributed by atoms with van der Waals surface area (Å²) in [5.74, 6) is 1.35. The third-order valence-electron chi connectivity index (χ3n) is 4.19. The number of benzene rings is 1. The van der Waals surface area contributed by atoms with Gasteiger partial charge in [-0.25, -0.2) is 9.37 Å². The van der Waals surface area contributed by atoms with E-state index in [0.29, 0.717) is 40.6 Å². The zero-order valence-electron chi connectivity index (χ0n) is 15.2. The fourth-order valence-corrected chi connectivity index (χ4v) is 3.34.